The summed E-state index contributed by atoms with van der Waals surface area (Å²) in [5.41, 5.74) is 2.59. The van der Waals surface area contributed by atoms with Crippen LogP contribution in [0.4, 0.5) is 0 Å². The van der Waals surface area contributed by atoms with Crippen molar-refractivity contribution in [3.05, 3.63) is 60.0 Å². The van der Waals surface area contributed by atoms with Crippen LogP contribution in [0.3, 0.4) is 0 Å². The molecule has 0 bridgehead atoms. The van der Waals surface area contributed by atoms with Gasteiger partial charge in [-0.25, -0.2) is 0 Å². The summed E-state index contributed by atoms with van der Waals surface area (Å²) < 4.78 is 0. The molecule has 0 saturated heterocycles. The highest BCUT2D eigenvalue weighted by Gasteiger charge is 2.22. The number of aliphatic carboxylic acids is 1. The maximum absolute atomic E-state index is 11.2. The third kappa shape index (κ3) is 2.25. The predicted molar refractivity (Wildman–Crippen MR) is 74.4 cm³/mol. The van der Waals surface area contributed by atoms with Crippen LogP contribution >= 0.6 is 0 Å². The predicted octanol–water partition coefficient (Wildman–Crippen LogP) is 2.56. The van der Waals surface area contributed by atoms with Gasteiger partial charge in [0.2, 0.25) is 0 Å². The van der Waals surface area contributed by atoms with E-state index in [0.29, 0.717) is 5.69 Å². The third-order valence-electron chi connectivity index (χ3n) is 3.33. The van der Waals surface area contributed by atoms with Gasteiger partial charge in [0.1, 0.15) is 0 Å². The highest BCUT2D eigenvalue weighted by molar-refractivity contribution is 5.85. The number of aromatic amines is 1. The van der Waals surface area contributed by atoms with E-state index in [9.17, 15) is 4.79 Å². The number of aromatic nitrogens is 3. The standard InChI is InChI=1S/C15H13N3O2/c19-15(20)8-11(14-6-3-7-17-18-14)12-9-16-13-5-2-1-4-10(12)13/h1-7,9,11,16H,8H2,(H,19,20). The van der Waals surface area contributed by atoms with Gasteiger partial charge in [-0.15, -0.1) is 0 Å². The van der Waals surface area contributed by atoms with Crippen molar-refractivity contribution in [1.82, 2.24) is 15.2 Å². The topological polar surface area (TPSA) is 78.9 Å². The zero-order chi connectivity index (χ0) is 13.9. The fraction of sp³-hybridized carbons (Fsp3) is 0.133. The van der Waals surface area contributed by atoms with Crippen LogP contribution in [0.5, 0.6) is 0 Å². The van der Waals surface area contributed by atoms with Crippen molar-refractivity contribution in [2.75, 3.05) is 0 Å². The van der Waals surface area contributed by atoms with Crippen LogP contribution in [-0.4, -0.2) is 26.3 Å². The van der Waals surface area contributed by atoms with Crippen molar-refractivity contribution in [3.63, 3.8) is 0 Å². The summed E-state index contributed by atoms with van der Waals surface area (Å²) in [4.78, 5) is 14.3. The van der Waals surface area contributed by atoms with Crippen molar-refractivity contribution in [2.24, 2.45) is 0 Å². The lowest BCUT2D eigenvalue weighted by Gasteiger charge is -2.13. The number of hydrogen-bond acceptors (Lipinski definition) is 3. The second-order valence-corrected chi connectivity index (χ2v) is 4.59. The van der Waals surface area contributed by atoms with Crippen LogP contribution in [0.25, 0.3) is 10.9 Å². The zero-order valence-corrected chi connectivity index (χ0v) is 10.7. The Morgan fingerprint density at radius 1 is 1.25 bits per heavy atom. The number of benzene rings is 1. The first-order valence-corrected chi connectivity index (χ1v) is 6.31. The molecule has 0 radical (unpaired) electrons. The molecule has 0 aliphatic carbocycles. The normalized spacial score (nSPS) is 12.4. The fourth-order valence-corrected chi connectivity index (χ4v) is 2.43. The van der Waals surface area contributed by atoms with Crippen LogP contribution in [0, 0.1) is 0 Å². The summed E-state index contributed by atoms with van der Waals surface area (Å²) in [6.45, 7) is 0. The van der Waals surface area contributed by atoms with E-state index >= 15 is 0 Å². The smallest absolute Gasteiger partial charge is 0.304 e. The summed E-state index contributed by atoms with van der Waals surface area (Å²) in [6, 6.07) is 11.4. The first-order chi connectivity index (χ1) is 9.75. The van der Waals surface area contributed by atoms with Crippen molar-refractivity contribution in [3.8, 4) is 0 Å². The Hall–Kier alpha value is -2.69. The summed E-state index contributed by atoms with van der Waals surface area (Å²) in [5, 5.41) is 18.1. The van der Waals surface area contributed by atoms with E-state index in [1.54, 1.807) is 12.3 Å². The van der Waals surface area contributed by atoms with Crippen LogP contribution < -0.4 is 0 Å². The number of para-hydroxylation sites is 1. The molecule has 2 aromatic heterocycles. The van der Waals surface area contributed by atoms with Gasteiger partial charge in [-0.1, -0.05) is 18.2 Å². The Morgan fingerprint density at radius 3 is 2.85 bits per heavy atom. The lowest BCUT2D eigenvalue weighted by atomic mass is 9.92. The molecule has 2 heterocycles. The SMILES string of the molecule is O=C(O)CC(c1cccnn1)c1c[nH]c2ccccc12. The van der Waals surface area contributed by atoms with Gasteiger partial charge in [0, 0.05) is 29.2 Å². The fourth-order valence-electron chi connectivity index (χ4n) is 2.43. The van der Waals surface area contributed by atoms with Gasteiger partial charge in [0.25, 0.3) is 0 Å². The van der Waals surface area contributed by atoms with E-state index in [1.807, 2.05) is 36.5 Å². The monoisotopic (exact) mass is 267 g/mol. The zero-order valence-electron chi connectivity index (χ0n) is 10.7. The molecule has 2 N–H and O–H groups in total. The summed E-state index contributed by atoms with van der Waals surface area (Å²) in [5.74, 6) is -1.16. The first kappa shape index (κ1) is 12.3. The molecule has 0 aliphatic heterocycles. The highest BCUT2D eigenvalue weighted by Crippen LogP contribution is 2.31. The van der Waals surface area contributed by atoms with E-state index in [-0.39, 0.29) is 12.3 Å². The van der Waals surface area contributed by atoms with Gasteiger partial charge >= 0.3 is 5.97 Å². The van der Waals surface area contributed by atoms with Gasteiger partial charge < -0.3 is 10.1 Å². The molecule has 0 amide bonds. The van der Waals surface area contributed by atoms with Crippen molar-refractivity contribution < 1.29 is 9.90 Å². The van der Waals surface area contributed by atoms with Gasteiger partial charge in [-0.05, 0) is 23.8 Å². The molecule has 5 nitrogen and oxygen atoms in total. The summed E-state index contributed by atoms with van der Waals surface area (Å²) in [7, 11) is 0. The number of rotatable bonds is 4. The van der Waals surface area contributed by atoms with E-state index in [2.05, 4.69) is 15.2 Å². The Labute approximate surface area is 115 Å². The van der Waals surface area contributed by atoms with E-state index in [0.717, 1.165) is 16.5 Å². The number of nitrogens with zero attached hydrogens (tertiary/aromatic N) is 2. The number of carboxylic acid groups (broad SMARTS) is 1. The molecule has 3 aromatic rings. The van der Waals surface area contributed by atoms with Gasteiger partial charge in [0.05, 0.1) is 12.1 Å². The lowest BCUT2D eigenvalue weighted by Crippen LogP contribution is -2.09. The van der Waals surface area contributed by atoms with Crippen LogP contribution in [0.1, 0.15) is 23.6 Å². The third-order valence-corrected chi connectivity index (χ3v) is 3.33. The molecule has 1 atom stereocenters. The molecule has 20 heavy (non-hydrogen) atoms. The minimum Gasteiger partial charge on any atom is -0.481 e. The summed E-state index contributed by atoms with van der Waals surface area (Å²) in [6.07, 6.45) is 3.42. The number of nitrogens with one attached hydrogen (secondary N) is 1. The van der Waals surface area contributed by atoms with Crippen molar-refractivity contribution in [2.45, 2.75) is 12.3 Å². The van der Waals surface area contributed by atoms with Crippen molar-refractivity contribution >= 4 is 16.9 Å². The average Bonchev–Trinajstić information content (AvgIpc) is 2.89. The van der Waals surface area contributed by atoms with Gasteiger partial charge in [-0.3, -0.25) is 4.79 Å². The molecule has 5 heteroatoms. The molecule has 0 aliphatic rings. The number of carbonyl (C=O) groups is 1. The molecular weight excluding hydrogens is 254 g/mol. The molecule has 100 valence electrons. The highest BCUT2D eigenvalue weighted by atomic mass is 16.4. The van der Waals surface area contributed by atoms with Crippen LogP contribution in [0.15, 0.2) is 48.8 Å². The van der Waals surface area contributed by atoms with E-state index in [1.165, 1.54) is 0 Å². The minimum absolute atomic E-state index is 0.0134. The largest absolute Gasteiger partial charge is 0.481 e. The van der Waals surface area contributed by atoms with Crippen LogP contribution in [0.2, 0.25) is 0 Å². The Balaban J connectivity index is 2.12. The molecule has 1 unspecified atom stereocenters. The number of H-pyrrole nitrogens is 1. The Kier molecular flexibility index (Phi) is 3.16. The number of hydrogen-bond donors (Lipinski definition) is 2. The quantitative estimate of drug-likeness (QED) is 0.761. The molecule has 0 fully saturated rings. The van der Waals surface area contributed by atoms with Gasteiger partial charge in [0.15, 0.2) is 0 Å². The molecule has 3 rings (SSSR count). The van der Waals surface area contributed by atoms with E-state index in [4.69, 9.17) is 5.11 Å². The first-order valence-electron chi connectivity index (χ1n) is 6.31. The number of carboxylic acids is 1. The maximum atomic E-state index is 11.2. The van der Waals surface area contributed by atoms with Crippen molar-refractivity contribution in [1.29, 1.82) is 0 Å². The Morgan fingerprint density at radius 2 is 2.10 bits per heavy atom. The average molecular weight is 267 g/mol. The second kappa shape index (κ2) is 5.13. The molecular formula is C15H13N3O2. The molecule has 1 aromatic carbocycles. The maximum Gasteiger partial charge on any atom is 0.304 e. The summed E-state index contributed by atoms with van der Waals surface area (Å²) >= 11 is 0. The minimum atomic E-state index is -0.856. The second-order valence-electron chi connectivity index (χ2n) is 4.59. The van der Waals surface area contributed by atoms with Gasteiger partial charge in [-0.2, -0.15) is 10.2 Å². The number of fused-ring (bicyclic) bond motifs is 1. The molecule has 0 saturated carbocycles. The van der Waals surface area contributed by atoms with Crippen LogP contribution in [-0.2, 0) is 4.79 Å². The Bertz CT molecular complexity index is 737. The lowest BCUT2D eigenvalue weighted by molar-refractivity contribution is -0.137. The van der Waals surface area contributed by atoms with E-state index < -0.39 is 5.97 Å². The molecule has 0 spiro atoms.